The molecule has 1 saturated heterocycles. The Balaban J connectivity index is 0.00000176. The highest BCUT2D eigenvalue weighted by atomic mass is 127. The number of nitrogens with zero attached hydrogens (tertiary/aromatic N) is 2. The molecule has 3 rings (SSSR count). The van der Waals surface area contributed by atoms with Crippen molar-refractivity contribution in [1.29, 1.82) is 0 Å². The molecule has 2 N–H and O–H groups in total. The highest BCUT2D eigenvalue weighted by Crippen LogP contribution is 2.39. The van der Waals surface area contributed by atoms with Crippen LogP contribution in [-0.4, -0.2) is 43.2 Å². The molecule has 0 unspecified atom stereocenters. The van der Waals surface area contributed by atoms with Crippen LogP contribution in [0.15, 0.2) is 23.2 Å². The van der Waals surface area contributed by atoms with Crippen molar-refractivity contribution in [1.82, 2.24) is 4.90 Å². The molecule has 1 aliphatic carbocycles. The predicted molar refractivity (Wildman–Crippen MR) is 96.6 cm³/mol. The molecule has 4 nitrogen and oxygen atoms in total. The summed E-state index contributed by atoms with van der Waals surface area (Å²) in [6, 6.07) is 5.20. The van der Waals surface area contributed by atoms with Crippen molar-refractivity contribution < 1.29 is 9.13 Å². The monoisotopic (exact) mass is 439 g/mol. The molecule has 7 heteroatoms. The highest BCUT2D eigenvalue weighted by molar-refractivity contribution is 14.0. The minimum absolute atomic E-state index is 0. The Morgan fingerprint density at radius 2 is 2.00 bits per heavy atom. The molecule has 1 saturated carbocycles. The fourth-order valence-corrected chi connectivity index (χ4v) is 2.98. The van der Waals surface area contributed by atoms with Gasteiger partial charge in [0, 0.05) is 13.1 Å². The molecule has 1 heterocycles. The topological polar surface area (TPSA) is 50.8 Å². The summed E-state index contributed by atoms with van der Waals surface area (Å²) in [5.74, 6) is 0.638. The summed E-state index contributed by atoms with van der Waals surface area (Å²) in [4.78, 5) is 6.64. The van der Waals surface area contributed by atoms with Crippen molar-refractivity contribution in [2.75, 3.05) is 26.3 Å². The fourth-order valence-electron chi connectivity index (χ4n) is 2.79. The van der Waals surface area contributed by atoms with Crippen LogP contribution in [0, 0.1) is 5.82 Å². The Bertz CT molecular complexity index is 546. The van der Waals surface area contributed by atoms with Gasteiger partial charge in [0.1, 0.15) is 5.82 Å². The molecular weight excluding hydrogens is 420 g/mol. The molecular formula is C15H20ClFIN3O. The van der Waals surface area contributed by atoms with Gasteiger partial charge >= 0.3 is 0 Å². The van der Waals surface area contributed by atoms with Crippen molar-refractivity contribution in [3.8, 4) is 0 Å². The minimum Gasteiger partial charge on any atom is -0.378 e. The first-order chi connectivity index (χ1) is 10.1. The maximum Gasteiger partial charge on any atom is 0.191 e. The fraction of sp³-hybridized carbons (Fsp3) is 0.533. The number of guanidine groups is 1. The zero-order valence-corrected chi connectivity index (χ0v) is 15.3. The average Bonchev–Trinajstić information content (AvgIpc) is 2.46. The summed E-state index contributed by atoms with van der Waals surface area (Å²) in [7, 11) is 0. The molecule has 122 valence electrons. The van der Waals surface area contributed by atoms with E-state index in [1.165, 1.54) is 6.07 Å². The van der Waals surface area contributed by atoms with E-state index in [2.05, 4.69) is 9.89 Å². The van der Waals surface area contributed by atoms with Crippen LogP contribution in [0.2, 0.25) is 5.02 Å². The lowest BCUT2D eigenvalue weighted by molar-refractivity contribution is 0.0671. The van der Waals surface area contributed by atoms with Crippen LogP contribution in [0.4, 0.5) is 4.39 Å². The number of morpholine rings is 1. The molecule has 1 aliphatic heterocycles. The van der Waals surface area contributed by atoms with Crippen molar-refractivity contribution in [3.63, 3.8) is 0 Å². The van der Waals surface area contributed by atoms with Gasteiger partial charge in [0.2, 0.25) is 0 Å². The standard InChI is InChI=1S/C15H19ClFN3O.HI/c16-13-9-10(1-2-14(13)17)11-7-12(8-11)19-15(18)20-3-5-21-6-4-20;/h1-2,9,11-12H,3-8H2,(H2,18,19);1H. The molecule has 0 amide bonds. The number of nitrogens with two attached hydrogens (primary N) is 1. The lowest BCUT2D eigenvalue weighted by Crippen LogP contribution is -2.46. The zero-order valence-electron chi connectivity index (χ0n) is 12.2. The first-order valence-electron chi connectivity index (χ1n) is 7.24. The van der Waals surface area contributed by atoms with Gasteiger partial charge in [0.15, 0.2) is 5.96 Å². The van der Waals surface area contributed by atoms with E-state index >= 15 is 0 Å². The Hall–Kier alpha value is -0.600. The quantitative estimate of drug-likeness (QED) is 0.438. The summed E-state index contributed by atoms with van der Waals surface area (Å²) in [6.45, 7) is 3.02. The van der Waals surface area contributed by atoms with E-state index in [9.17, 15) is 4.39 Å². The maximum absolute atomic E-state index is 13.2. The third kappa shape index (κ3) is 4.02. The highest BCUT2D eigenvalue weighted by Gasteiger charge is 2.31. The lowest BCUT2D eigenvalue weighted by Gasteiger charge is -2.35. The van der Waals surface area contributed by atoms with Gasteiger partial charge < -0.3 is 15.4 Å². The van der Waals surface area contributed by atoms with Crippen molar-refractivity contribution in [2.45, 2.75) is 24.8 Å². The summed E-state index contributed by atoms with van der Waals surface area (Å²) in [5.41, 5.74) is 7.12. The molecule has 0 atom stereocenters. The molecule has 1 aromatic rings. The Morgan fingerprint density at radius 3 is 2.64 bits per heavy atom. The van der Waals surface area contributed by atoms with Gasteiger partial charge in [0.25, 0.3) is 0 Å². The SMILES string of the molecule is I.NC(=NC1CC(c2ccc(F)c(Cl)c2)C1)N1CCOCC1. The predicted octanol–water partition coefficient (Wildman–Crippen LogP) is 2.99. The summed E-state index contributed by atoms with van der Waals surface area (Å²) in [6.07, 6.45) is 1.88. The minimum atomic E-state index is -0.370. The molecule has 1 aromatic carbocycles. The Labute approximate surface area is 151 Å². The molecule has 22 heavy (non-hydrogen) atoms. The Kier molecular flexibility index (Phi) is 6.28. The van der Waals surface area contributed by atoms with Crippen molar-refractivity contribution in [3.05, 3.63) is 34.6 Å². The summed E-state index contributed by atoms with van der Waals surface area (Å²) >= 11 is 5.82. The number of hydrogen-bond acceptors (Lipinski definition) is 2. The van der Waals surface area contributed by atoms with Crippen LogP contribution in [0.3, 0.4) is 0 Å². The third-order valence-corrected chi connectivity index (χ3v) is 4.47. The number of benzene rings is 1. The number of hydrogen-bond donors (Lipinski definition) is 1. The van der Waals surface area contributed by atoms with Crippen LogP contribution in [-0.2, 0) is 4.74 Å². The second-order valence-corrected chi connectivity index (χ2v) is 5.99. The van der Waals surface area contributed by atoms with Gasteiger partial charge in [-0.3, -0.25) is 0 Å². The summed E-state index contributed by atoms with van der Waals surface area (Å²) in [5, 5.41) is 0.187. The smallest absolute Gasteiger partial charge is 0.191 e. The summed E-state index contributed by atoms with van der Waals surface area (Å²) < 4.78 is 18.4. The van der Waals surface area contributed by atoms with E-state index in [1.807, 2.05) is 0 Å². The molecule has 0 radical (unpaired) electrons. The molecule has 0 aromatic heterocycles. The first-order valence-corrected chi connectivity index (χ1v) is 7.62. The van der Waals surface area contributed by atoms with Crippen LogP contribution in [0.5, 0.6) is 0 Å². The van der Waals surface area contributed by atoms with Crippen molar-refractivity contribution in [2.24, 2.45) is 10.7 Å². The van der Waals surface area contributed by atoms with Gasteiger partial charge in [-0.2, -0.15) is 0 Å². The van der Waals surface area contributed by atoms with E-state index in [0.717, 1.165) is 31.5 Å². The Morgan fingerprint density at radius 1 is 1.32 bits per heavy atom. The number of halogens is 3. The molecule has 2 fully saturated rings. The van der Waals surface area contributed by atoms with Gasteiger partial charge in [-0.15, -0.1) is 24.0 Å². The maximum atomic E-state index is 13.2. The van der Waals surface area contributed by atoms with Crippen LogP contribution < -0.4 is 5.73 Å². The molecule has 0 bridgehead atoms. The molecule has 2 aliphatic rings. The van der Waals surface area contributed by atoms with E-state index in [-0.39, 0.29) is 40.9 Å². The van der Waals surface area contributed by atoms with Crippen LogP contribution in [0.1, 0.15) is 24.3 Å². The number of ether oxygens (including phenoxy) is 1. The second-order valence-electron chi connectivity index (χ2n) is 5.58. The van der Waals surface area contributed by atoms with Crippen LogP contribution >= 0.6 is 35.6 Å². The van der Waals surface area contributed by atoms with Gasteiger partial charge in [-0.1, -0.05) is 17.7 Å². The van der Waals surface area contributed by atoms with E-state index in [4.69, 9.17) is 22.1 Å². The van der Waals surface area contributed by atoms with E-state index in [1.54, 1.807) is 12.1 Å². The van der Waals surface area contributed by atoms with Crippen molar-refractivity contribution >= 4 is 41.5 Å². The third-order valence-electron chi connectivity index (χ3n) is 4.18. The van der Waals surface area contributed by atoms with Gasteiger partial charge in [-0.05, 0) is 36.5 Å². The van der Waals surface area contributed by atoms with Gasteiger partial charge in [0.05, 0.1) is 24.3 Å². The first kappa shape index (κ1) is 17.7. The van der Waals surface area contributed by atoms with Crippen LogP contribution in [0.25, 0.3) is 0 Å². The van der Waals surface area contributed by atoms with E-state index < -0.39 is 0 Å². The number of rotatable bonds is 2. The lowest BCUT2D eigenvalue weighted by atomic mass is 9.76. The van der Waals surface area contributed by atoms with E-state index in [0.29, 0.717) is 25.1 Å². The second kappa shape index (κ2) is 7.79. The normalized spacial score (nSPS) is 25.4. The molecule has 0 spiro atoms. The number of aliphatic imine (C=N–C) groups is 1. The zero-order chi connectivity index (χ0) is 14.8. The largest absolute Gasteiger partial charge is 0.378 e. The van der Waals surface area contributed by atoms with Gasteiger partial charge in [-0.25, -0.2) is 9.38 Å². The average molecular weight is 440 g/mol.